The van der Waals surface area contributed by atoms with E-state index in [0.717, 1.165) is 17.9 Å². The van der Waals surface area contributed by atoms with Crippen molar-refractivity contribution in [2.45, 2.75) is 6.92 Å². The minimum absolute atomic E-state index is 0.197. The largest absolute Gasteiger partial charge is 0.380 e. The lowest BCUT2D eigenvalue weighted by atomic mass is 10.4. The van der Waals surface area contributed by atoms with E-state index in [-0.39, 0.29) is 5.28 Å². The fourth-order valence-electron chi connectivity index (χ4n) is 1.52. The molecular formula is C10H14ClN5O. The zero-order valence-corrected chi connectivity index (χ0v) is 10.5. The molecule has 1 N–H and O–H groups in total. The van der Waals surface area contributed by atoms with Crippen LogP contribution in [0.1, 0.15) is 6.92 Å². The van der Waals surface area contributed by atoms with Gasteiger partial charge in [0.1, 0.15) is 5.52 Å². The molecule has 0 atom stereocenters. The smallest absolute Gasteiger partial charge is 0.226 e. The van der Waals surface area contributed by atoms with Gasteiger partial charge in [-0.15, -0.1) is 0 Å². The highest BCUT2D eigenvalue weighted by Crippen LogP contribution is 2.21. The van der Waals surface area contributed by atoms with Crippen molar-refractivity contribution in [3.8, 4) is 0 Å². The van der Waals surface area contributed by atoms with Crippen molar-refractivity contribution in [1.29, 1.82) is 0 Å². The van der Waals surface area contributed by atoms with Crippen LogP contribution in [0.15, 0.2) is 6.33 Å². The van der Waals surface area contributed by atoms with Gasteiger partial charge in [-0.1, -0.05) is 0 Å². The normalized spacial score (nSPS) is 11.0. The molecule has 0 unspecified atom stereocenters. The Labute approximate surface area is 104 Å². The molecule has 92 valence electrons. The Morgan fingerprint density at radius 2 is 2.29 bits per heavy atom. The fraction of sp³-hybridized carbons (Fsp3) is 0.500. The monoisotopic (exact) mass is 255 g/mol. The van der Waals surface area contributed by atoms with E-state index in [2.05, 4.69) is 19.9 Å². The second-order valence-electron chi connectivity index (χ2n) is 3.54. The summed E-state index contributed by atoms with van der Waals surface area (Å²) in [5, 5.41) is 0.197. The summed E-state index contributed by atoms with van der Waals surface area (Å²) in [5.74, 6) is 0.734. The molecule has 0 aliphatic rings. The van der Waals surface area contributed by atoms with Crippen molar-refractivity contribution in [3.05, 3.63) is 11.6 Å². The summed E-state index contributed by atoms with van der Waals surface area (Å²) < 4.78 is 5.31. The average molecular weight is 256 g/mol. The number of nitrogens with one attached hydrogen (secondary N) is 1. The third-order valence-electron chi connectivity index (χ3n) is 2.38. The molecular weight excluding hydrogens is 242 g/mol. The summed E-state index contributed by atoms with van der Waals surface area (Å²) in [6, 6.07) is 0. The van der Waals surface area contributed by atoms with E-state index >= 15 is 0 Å². The Morgan fingerprint density at radius 3 is 3.06 bits per heavy atom. The number of ether oxygens (including phenoxy) is 1. The van der Waals surface area contributed by atoms with E-state index in [9.17, 15) is 0 Å². The van der Waals surface area contributed by atoms with Crippen molar-refractivity contribution in [2.24, 2.45) is 0 Å². The fourth-order valence-corrected chi connectivity index (χ4v) is 1.68. The Bertz CT molecular complexity index is 500. The summed E-state index contributed by atoms with van der Waals surface area (Å²) in [5.41, 5.74) is 1.36. The minimum atomic E-state index is 0.197. The van der Waals surface area contributed by atoms with Crippen LogP contribution >= 0.6 is 11.6 Å². The van der Waals surface area contributed by atoms with Gasteiger partial charge < -0.3 is 14.6 Å². The lowest BCUT2D eigenvalue weighted by Crippen LogP contribution is -2.24. The summed E-state index contributed by atoms with van der Waals surface area (Å²) in [6.45, 7) is 4.05. The molecule has 17 heavy (non-hydrogen) atoms. The topological polar surface area (TPSA) is 66.9 Å². The number of likely N-dealkylation sites (N-methyl/N-ethyl adjacent to an activating group) is 1. The molecule has 0 aromatic carbocycles. The highest BCUT2D eigenvalue weighted by molar-refractivity contribution is 6.28. The van der Waals surface area contributed by atoms with Crippen LogP contribution in [0.4, 0.5) is 5.82 Å². The zero-order chi connectivity index (χ0) is 12.3. The number of nitrogens with zero attached hydrogens (tertiary/aromatic N) is 4. The lowest BCUT2D eigenvalue weighted by Gasteiger charge is -2.18. The Kier molecular flexibility index (Phi) is 3.75. The number of aromatic amines is 1. The molecule has 2 aromatic heterocycles. The zero-order valence-electron chi connectivity index (χ0n) is 9.77. The average Bonchev–Trinajstić information content (AvgIpc) is 2.75. The molecule has 0 aliphatic heterocycles. The van der Waals surface area contributed by atoms with Crippen molar-refractivity contribution in [2.75, 3.05) is 31.7 Å². The summed E-state index contributed by atoms with van der Waals surface area (Å²) in [7, 11) is 1.93. The predicted molar refractivity (Wildman–Crippen MR) is 66.5 cm³/mol. The molecule has 0 spiro atoms. The van der Waals surface area contributed by atoms with Gasteiger partial charge >= 0.3 is 0 Å². The maximum Gasteiger partial charge on any atom is 0.226 e. The lowest BCUT2D eigenvalue weighted by molar-refractivity contribution is 0.154. The Hall–Kier alpha value is -1.40. The van der Waals surface area contributed by atoms with E-state index in [0.29, 0.717) is 18.9 Å². The molecule has 0 aliphatic carbocycles. The maximum absolute atomic E-state index is 5.85. The van der Waals surface area contributed by atoms with Crippen LogP contribution < -0.4 is 4.90 Å². The van der Waals surface area contributed by atoms with Gasteiger partial charge in [0.05, 0.1) is 12.9 Å². The van der Waals surface area contributed by atoms with E-state index in [1.165, 1.54) is 0 Å². The Balaban J connectivity index is 2.24. The molecule has 0 bridgehead atoms. The van der Waals surface area contributed by atoms with Gasteiger partial charge in [-0.3, -0.25) is 0 Å². The van der Waals surface area contributed by atoms with Gasteiger partial charge in [0.2, 0.25) is 5.28 Å². The first-order valence-corrected chi connectivity index (χ1v) is 5.75. The molecule has 0 saturated carbocycles. The molecule has 2 heterocycles. The number of anilines is 1. The van der Waals surface area contributed by atoms with Gasteiger partial charge in [0.25, 0.3) is 0 Å². The molecule has 7 heteroatoms. The first-order chi connectivity index (χ1) is 8.22. The van der Waals surface area contributed by atoms with E-state index in [1.54, 1.807) is 6.33 Å². The second-order valence-corrected chi connectivity index (χ2v) is 3.87. The summed E-state index contributed by atoms with van der Waals surface area (Å²) in [6.07, 6.45) is 1.58. The quantitative estimate of drug-likeness (QED) is 0.648. The Morgan fingerprint density at radius 1 is 1.47 bits per heavy atom. The number of hydrogen-bond donors (Lipinski definition) is 1. The van der Waals surface area contributed by atoms with E-state index in [1.807, 2.05) is 18.9 Å². The van der Waals surface area contributed by atoms with Gasteiger partial charge in [0, 0.05) is 20.2 Å². The number of aromatic nitrogens is 4. The third-order valence-corrected chi connectivity index (χ3v) is 2.55. The number of imidazole rings is 1. The van der Waals surface area contributed by atoms with E-state index in [4.69, 9.17) is 16.3 Å². The summed E-state index contributed by atoms with van der Waals surface area (Å²) in [4.78, 5) is 17.3. The van der Waals surface area contributed by atoms with Crippen molar-refractivity contribution in [1.82, 2.24) is 19.9 Å². The van der Waals surface area contributed by atoms with Crippen molar-refractivity contribution >= 4 is 28.6 Å². The molecule has 0 saturated heterocycles. The SMILES string of the molecule is CCOCCN(C)c1nc(Cl)nc2nc[nH]c12. The number of halogens is 1. The molecule has 0 radical (unpaired) electrons. The number of H-pyrrole nitrogens is 1. The first-order valence-electron chi connectivity index (χ1n) is 5.38. The second kappa shape index (κ2) is 5.29. The minimum Gasteiger partial charge on any atom is -0.380 e. The summed E-state index contributed by atoms with van der Waals surface area (Å²) >= 11 is 5.85. The van der Waals surface area contributed by atoms with Gasteiger partial charge in [-0.2, -0.15) is 9.97 Å². The highest BCUT2D eigenvalue weighted by atomic mass is 35.5. The molecule has 2 rings (SSSR count). The molecule has 0 amide bonds. The van der Waals surface area contributed by atoms with Crippen LogP contribution in [0.3, 0.4) is 0 Å². The number of fused-ring (bicyclic) bond motifs is 1. The third kappa shape index (κ3) is 2.65. The first kappa shape index (κ1) is 12.1. The molecule has 2 aromatic rings. The van der Waals surface area contributed by atoms with Gasteiger partial charge in [0.15, 0.2) is 11.5 Å². The number of rotatable bonds is 5. The van der Waals surface area contributed by atoms with Gasteiger partial charge in [-0.05, 0) is 18.5 Å². The van der Waals surface area contributed by atoms with Crippen LogP contribution in [0.5, 0.6) is 0 Å². The van der Waals surface area contributed by atoms with Crippen LogP contribution in [-0.4, -0.2) is 46.7 Å². The van der Waals surface area contributed by atoms with Gasteiger partial charge in [-0.25, -0.2) is 4.98 Å². The number of hydrogen-bond acceptors (Lipinski definition) is 5. The predicted octanol–water partition coefficient (Wildman–Crippen LogP) is 1.48. The van der Waals surface area contributed by atoms with Crippen LogP contribution in [0.25, 0.3) is 11.2 Å². The van der Waals surface area contributed by atoms with Crippen LogP contribution in [0, 0.1) is 0 Å². The van der Waals surface area contributed by atoms with Crippen molar-refractivity contribution in [3.63, 3.8) is 0 Å². The standard InChI is InChI=1S/C10H14ClN5O/c1-3-17-5-4-16(2)9-7-8(13-6-12-7)14-10(11)15-9/h6H,3-5H2,1-2H3,(H,12,13,14,15). The van der Waals surface area contributed by atoms with Crippen molar-refractivity contribution < 1.29 is 4.74 Å². The maximum atomic E-state index is 5.85. The van der Waals surface area contributed by atoms with Crippen LogP contribution in [0.2, 0.25) is 5.28 Å². The van der Waals surface area contributed by atoms with Crippen LogP contribution in [-0.2, 0) is 4.74 Å². The highest BCUT2D eigenvalue weighted by Gasteiger charge is 2.12. The molecule has 6 nitrogen and oxygen atoms in total. The molecule has 0 fully saturated rings. The van der Waals surface area contributed by atoms with E-state index < -0.39 is 0 Å².